The average molecular weight is 324 g/mol. The minimum Gasteiger partial charge on any atom is -0.507 e. The van der Waals surface area contributed by atoms with Gasteiger partial charge < -0.3 is 14.9 Å². The summed E-state index contributed by atoms with van der Waals surface area (Å²) in [6.45, 7) is 4.21. The van der Waals surface area contributed by atoms with Gasteiger partial charge in [-0.05, 0) is 31.6 Å². The van der Waals surface area contributed by atoms with Gasteiger partial charge in [-0.2, -0.15) is 0 Å². The Kier molecular flexibility index (Phi) is 5.79. The molecular weight excluding hydrogens is 304 g/mol. The second-order valence-corrected chi connectivity index (χ2v) is 5.54. The highest BCUT2D eigenvalue weighted by molar-refractivity contribution is 6.10. The molecule has 0 unspecified atom stereocenters. The van der Waals surface area contributed by atoms with Crippen LogP contribution in [0.25, 0.3) is 6.08 Å². The molecule has 0 fully saturated rings. The number of carbonyl (C=O) groups excluding carboxylic acids is 1. The maximum absolute atomic E-state index is 12.2. The maximum Gasteiger partial charge on any atom is 0.193 e. The first-order valence-corrected chi connectivity index (χ1v) is 7.57. The van der Waals surface area contributed by atoms with E-state index in [-0.39, 0.29) is 17.1 Å². The smallest absolute Gasteiger partial charge is 0.193 e. The summed E-state index contributed by atoms with van der Waals surface area (Å²) in [5.74, 6) is -0.814. The lowest BCUT2D eigenvalue weighted by molar-refractivity contribution is 0.104. The Morgan fingerprint density at radius 2 is 1.71 bits per heavy atom. The molecule has 2 aromatic carbocycles. The van der Waals surface area contributed by atoms with Crippen molar-refractivity contribution in [2.24, 2.45) is 0 Å². The monoisotopic (exact) mass is 324 g/mol. The number of phenols is 2. The van der Waals surface area contributed by atoms with E-state index in [4.69, 9.17) is 4.74 Å². The van der Waals surface area contributed by atoms with E-state index in [1.54, 1.807) is 6.08 Å². The normalized spacial score (nSPS) is 10.6. The zero-order valence-electron chi connectivity index (χ0n) is 13.7. The van der Waals surface area contributed by atoms with Gasteiger partial charge in [-0.1, -0.05) is 42.0 Å². The molecule has 0 spiro atoms. The van der Waals surface area contributed by atoms with Crippen LogP contribution in [0.5, 0.6) is 17.2 Å². The highest BCUT2D eigenvalue weighted by atomic mass is 16.5. The average Bonchev–Trinajstić information content (AvgIpc) is 2.53. The summed E-state index contributed by atoms with van der Waals surface area (Å²) in [6, 6.07) is 11.9. The van der Waals surface area contributed by atoms with E-state index in [9.17, 15) is 15.0 Å². The SMILES string of the molecule is CC(C)=CCOc1cc(O)c(C(=O)C=Cc2ccccc2)c(O)c1. The number of phenolic OH excluding ortho intramolecular Hbond substituents is 2. The first-order valence-electron chi connectivity index (χ1n) is 7.57. The van der Waals surface area contributed by atoms with E-state index in [1.165, 1.54) is 18.2 Å². The number of benzene rings is 2. The largest absolute Gasteiger partial charge is 0.507 e. The van der Waals surface area contributed by atoms with Crippen molar-refractivity contribution >= 4 is 11.9 Å². The van der Waals surface area contributed by atoms with Crippen LogP contribution in [0.2, 0.25) is 0 Å². The Balaban J connectivity index is 2.17. The number of hydrogen-bond acceptors (Lipinski definition) is 4. The van der Waals surface area contributed by atoms with Gasteiger partial charge in [0.05, 0.1) is 0 Å². The Hall–Kier alpha value is -3.01. The summed E-state index contributed by atoms with van der Waals surface area (Å²) in [5, 5.41) is 20.1. The van der Waals surface area contributed by atoms with Crippen molar-refractivity contribution < 1.29 is 19.7 Å². The van der Waals surface area contributed by atoms with Crippen LogP contribution in [0, 0.1) is 0 Å². The second kappa shape index (κ2) is 8.02. The van der Waals surface area contributed by atoms with Gasteiger partial charge in [-0.3, -0.25) is 4.79 Å². The van der Waals surface area contributed by atoms with Crippen molar-refractivity contribution in [2.75, 3.05) is 6.61 Å². The predicted octanol–water partition coefficient (Wildman–Crippen LogP) is 4.34. The molecule has 0 aliphatic heterocycles. The molecule has 0 atom stereocenters. The van der Waals surface area contributed by atoms with Crippen LogP contribution in [-0.4, -0.2) is 22.6 Å². The van der Waals surface area contributed by atoms with Crippen molar-refractivity contribution in [3.63, 3.8) is 0 Å². The molecule has 0 radical (unpaired) electrons. The van der Waals surface area contributed by atoms with Crippen LogP contribution < -0.4 is 4.74 Å². The summed E-state index contributed by atoms with van der Waals surface area (Å²) in [4.78, 5) is 12.2. The van der Waals surface area contributed by atoms with Gasteiger partial charge in [0.25, 0.3) is 0 Å². The molecule has 0 aliphatic carbocycles. The van der Waals surface area contributed by atoms with E-state index in [0.29, 0.717) is 12.4 Å². The Morgan fingerprint density at radius 3 is 2.29 bits per heavy atom. The van der Waals surface area contributed by atoms with Crippen molar-refractivity contribution in [1.82, 2.24) is 0 Å². The molecule has 0 aromatic heterocycles. The lowest BCUT2D eigenvalue weighted by Crippen LogP contribution is -1.99. The molecule has 0 amide bonds. The van der Waals surface area contributed by atoms with Gasteiger partial charge in [-0.25, -0.2) is 0 Å². The first-order chi connectivity index (χ1) is 11.5. The quantitative estimate of drug-likeness (QED) is 0.471. The summed E-state index contributed by atoms with van der Waals surface area (Å²) in [7, 11) is 0. The third-order valence-electron chi connectivity index (χ3n) is 3.28. The van der Waals surface area contributed by atoms with Crippen molar-refractivity contribution in [3.05, 3.63) is 71.3 Å². The molecule has 124 valence electrons. The van der Waals surface area contributed by atoms with Gasteiger partial charge in [0.2, 0.25) is 0 Å². The first kappa shape index (κ1) is 17.3. The van der Waals surface area contributed by atoms with Gasteiger partial charge in [0.15, 0.2) is 5.78 Å². The third kappa shape index (κ3) is 4.74. The fourth-order valence-electron chi connectivity index (χ4n) is 2.05. The molecule has 0 bridgehead atoms. The topological polar surface area (TPSA) is 66.8 Å². The molecular formula is C20H20O4. The van der Waals surface area contributed by atoms with Crippen LogP contribution in [0.3, 0.4) is 0 Å². The zero-order chi connectivity index (χ0) is 17.5. The second-order valence-electron chi connectivity index (χ2n) is 5.54. The number of aromatic hydroxyl groups is 2. The van der Waals surface area contributed by atoms with Gasteiger partial charge in [0, 0.05) is 12.1 Å². The third-order valence-corrected chi connectivity index (χ3v) is 3.28. The molecule has 0 aliphatic rings. The minimum atomic E-state index is -0.482. The molecule has 2 rings (SSSR count). The molecule has 2 N–H and O–H groups in total. The fraction of sp³-hybridized carbons (Fsp3) is 0.150. The number of allylic oxidation sites excluding steroid dienone is 2. The van der Waals surface area contributed by atoms with Gasteiger partial charge in [-0.15, -0.1) is 0 Å². The van der Waals surface area contributed by atoms with Crippen LogP contribution in [0.1, 0.15) is 29.8 Å². The molecule has 0 saturated carbocycles. The van der Waals surface area contributed by atoms with Crippen LogP contribution in [0.15, 0.2) is 60.2 Å². The Bertz CT molecular complexity index is 746. The number of rotatable bonds is 6. The van der Waals surface area contributed by atoms with Crippen LogP contribution >= 0.6 is 0 Å². The van der Waals surface area contributed by atoms with E-state index >= 15 is 0 Å². The van der Waals surface area contributed by atoms with Gasteiger partial charge >= 0.3 is 0 Å². The standard InChI is InChI=1S/C20H20O4/c1-14(2)10-11-24-16-12-18(22)20(19(23)13-16)17(21)9-8-15-6-4-3-5-7-15/h3-10,12-13,22-23H,11H2,1-2H3. The van der Waals surface area contributed by atoms with E-state index in [0.717, 1.165) is 11.1 Å². The summed E-state index contributed by atoms with van der Waals surface area (Å²) < 4.78 is 5.42. The van der Waals surface area contributed by atoms with E-state index in [1.807, 2.05) is 50.3 Å². The molecule has 24 heavy (non-hydrogen) atoms. The number of carbonyl (C=O) groups is 1. The summed E-state index contributed by atoms with van der Waals surface area (Å²) in [6.07, 6.45) is 4.81. The van der Waals surface area contributed by atoms with Crippen molar-refractivity contribution in [2.45, 2.75) is 13.8 Å². The minimum absolute atomic E-state index is 0.142. The Morgan fingerprint density at radius 1 is 1.08 bits per heavy atom. The zero-order valence-corrected chi connectivity index (χ0v) is 13.7. The highest BCUT2D eigenvalue weighted by Gasteiger charge is 2.16. The predicted molar refractivity (Wildman–Crippen MR) is 94.5 cm³/mol. The van der Waals surface area contributed by atoms with E-state index < -0.39 is 5.78 Å². The summed E-state index contributed by atoms with van der Waals surface area (Å²) in [5.41, 5.74) is 1.81. The number of hydrogen-bond donors (Lipinski definition) is 2. The van der Waals surface area contributed by atoms with E-state index in [2.05, 4.69) is 0 Å². The lowest BCUT2D eigenvalue weighted by atomic mass is 10.1. The lowest BCUT2D eigenvalue weighted by Gasteiger charge is -2.09. The van der Waals surface area contributed by atoms with Crippen molar-refractivity contribution in [1.29, 1.82) is 0 Å². The molecule has 0 saturated heterocycles. The molecule has 4 nitrogen and oxygen atoms in total. The van der Waals surface area contributed by atoms with Gasteiger partial charge in [0.1, 0.15) is 29.4 Å². The maximum atomic E-state index is 12.2. The molecule has 0 heterocycles. The Labute approximate surface area is 141 Å². The number of ketones is 1. The number of ether oxygens (including phenoxy) is 1. The highest BCUT2D eigenvalue weighted by Crippen LogP contribution is 2.33. The van der Waals surface area contributed by atoms with Crippen LogP contribution in [-0.2, 0) is 0 Å². The molecule has 4 heteroatoms. The van der Waals surface area contributed by atoms with Crippen molar-refractivity contribution in [3.8, 4) is 17.2 Å². The molecule has 2 aromatic rings. The summed E-state index contributed by atoms with van der Waals surface area (Å²) >= 11 is 0. The van der Waals surface area contributed by atoms with Crippen LogP contribution in [0.4, 0.5) is 0 Å². The fourth-order valence-corrected chi connectivity index (χ4v) is 2.05.